The highest BCUT2D eigenvalue weighted by Gasteiger charge is 2.34. The van der Waals surface area contributed by atoms with Gasteiger partial charge in [-0.25, -0.2) is 0 Å². The van der Waals surface area contributed by atoms with E-state index in [1.807, 2.05) is 0 Å². The van der Waals surface area contributed by atoms with E-state index in [0.29, 0.717) is 5.56 Å². The van der Waals surface area contributed by atoms with E-state index in [0.717, 1.165) is 12.1 Å². The fraction of sp³-hybridized carbons (Fsp3) is 0.429. The molecule has 0 aromatic heterocycles. The highest BCUT2D eigenvalue weighted by Crippen LogP contribution is 2.30. The first kappa shape index (κ1) is 15.3. The SMILES string of the molecule is CNC(=O)[C@@H]1CC(=O)N(Cc2cccc(C(F)(F)F)c2)C1. The highest BCUT2D eigenvalue weighted by atomic mass is 19.4. The number of carbonyl (C=O) groups excluding carboxylic acids is 2. The Hall–Kier alpha value is -2.05. The molecule has 0 bridgehead atoms. The van der Waals surface area contributed by atoms with Gasteiger partial charge in [0.05, 0.1) is 11.5 Å². The largest absolute Gasteiger partial charge is 0.416 e. The lowest BCUT2D eigenvalue weighted by Crippen LogP contribution is -2.30. The van der Waals surface area contributed by atoms with Crippen molar-refractivity contribution in [1.29, 1.82) is 0 Å². The number of benzene rings is 1. The number of alkyl halides is 3. The van der Waals surface area contributed by atoms with Crippen LogP contribution in [-0.4, -0.2) is 30.3 Å². The van der Waals surface area contributed by atoms with Crippen LogP contribution < -0.4 is 5.32 Å². The van der Waals surface area contributed by atoms with Crippen molar-refractivity contribution in [2.75, 3.05) is 13.6 Å². The third-order valence-corrected chi connectivity index (χ3v) is 3.46. The maximum Gasteiger partial charge on any atom is 0.416 e. The number of hydrogen-bond acceptors (Lipinski definition) is 2. The second-order valence-electron chi connectivity index (χ2n) is 4.99. The highest BCUT2D eigenvalue weighted by molar-refractivity contribution is 5.89. The molecule has 0 aliphatic carbocycles. The Balaban J connectivity index is 2.09. The van der Waals surface area contributed by atoms with Gasteiger partial charge in [-0.15, -0.1) is 0 Å². The number of nitrogens with zero attached hydrogens (tertiary/aromatic N) is 1. The molecule has 0 radical (unpaired) electrons. The molecule has 114 valence electrons. The lowest BCUT2D eigenvalue weighted by atomic mass is 10.1. The monoisotopic (exact) mass is 300 g/mol. The lowest BCUT2D eigenvalue weighted by Gasteiger charge is -2.17. The molecule has 0 spiro atoms. The standard InChI is InChI=1S/C14H15F3N2O2/c1-18-13(21)10-6-12(20)19(8-10)7-9-3-2-4-11(5-9)14(15,16)17/h2-5,10H,6-8H2,1H3,(H,18,21)/t10-/m1/s1. The quantitative estimate of drug-likeness (QED) is 0.925. The summed E-state index contributed by atoms with van der Waals surface area (Å²) in [5, 5.41) is 2.47. The van der Waals surface area contributed by atoms with Gasteiger partial charge in [-0.05, 0) is 17.7 Å². The molecule has 1 aromatic rings. The van der Waals surface area contributed by atoms with Gasteiger partial charge in [0.2, 0.25) is 11.8 Å². The Morgan fingerprint density at radius 1 is 1.43 bits per heavy atom. The molecule has 0 saturated carbocycles. The van der Waals surface area contributed by atoms with Crippen molar-refractivity contribution < 1.29 is 22.8 Å². The summed E-state index contributed by atoms with van der Waals surface area (Å²) in [6, 6.07) is 4.87. The van der Waals surface area contributed by atoms with Crippen molar-refractivity contribution in [2.45, 2.75) is 19.1 Å². The van der Waals surface area contributed by atoms with E-state index in [2.05, 4.69) is 5.32 Å². The zero-order valence-electron chi connectivity index (χ0n) is 11.4. The molecule has 4 nitrogen and oxygen atoms in total. The molecule has 1 fully saturated rings. The zero-order valence-corrected chi connectivity index (χ0v) is 11.4. The van der Waals surface area contributed by atoms with Crippen LogP contribution in [-0.2, 0) is 22.3 Å². The smallest absolute Gasteiger partial charge is 0.359 e. The summed E-state index contributed by atoms with van der Waals surface area (Å²) in [6.45, 7) is 0.311. The summed E-state index contributed by atoms with van der Waals surface area (Å²) in [5.41, 5.74) is -0.342. The molecule has 21 heavy (non-hydrogen) atoms. The minimum Gasteiger partial charge on any atom is -0.359 e. The number of carbonyl (C=O) groups is 2. The van der Waals surface area contributed by atoms with E-state index in [9.17, 15) is 22.8 Å². The van der Waals surface area contributed by atoms with E-state index in [4.69, 9.17) is 0 Å². The van der Waals surface area contributed by atoms with E-state index in [-0.39, 0.29) is 31.3 Å². The molecular formula is C14H15F3N2O2. The van der Waals surface area contributed by atoms with Crippen LogP contribution in [0.3, 0.4) is 0 Å². The molecule has 1 aliphatic heterocycles. The second-order valence-corrected chi connectivity index (χ2v) is 4.99. The van der Waals surface area contributed by atoms with Gasteiger partial charge in [-0.3, -0.25) is 9.59 Å². The number of hydrogen-bond donors (Lipinski definition) is 1. The maximum absolute atomic E-state index is 12.6. The molecule has 1 aromatic carbocycles. The van der Waals surface area contributed by atoms with Crippen LogP contribution in [0, 0.1) is 5.92 Å². The topological polar surface area (TPSA) is 49.4 Å². The fourth-order valence-electron chi connectivity index (χ4n) is 2.37. The van der Waals surface area contributed by atoms with Crippen LogP contribution in [0.4, 0.5) is 13.2 Å². The average molecular weight is 300 g/mol. The number of halogens is 3. The van der Waals surface area contributed by atoms with Crippen molar-refractivity contribution in [3.05, 3.63) is 35.4 Å². The number of rotatable bonds is 3. The van der Waals surface area contributed by atoms with Gasteiger partial charge >= 0.3 is 6.18 Å². The summed E-state index contributed by atoms with van der Waals surface area (Å²) in [5.74, 6) is -0.885. The number of nitrogens with one attached hydrogen (secondary N) is 1. The first-order chi connectivity index (χ1) is 9.81. The van der Waals surface area contributed by atoms with Crippen molar-refractivity contribution >= 4 is 11.8 Å². The second kappa shape index (κ2) is 5.75. The Morgan fingerprint density at radius 2 is 2.14 bits per heavy atom. The minimum atomic E-state index is -4.41. The summed E-state index contributed by atoms with van der Waals surface area (Å²) >= 11 is 0. The molecule has 7 heteroatoms. The Bertz CT molecular complexity index is 557. The van der Waals surface area contributed by atoms with Gasteiger partial charge in [0.1, 0.15) is 0 Å². The van der Waals surface area contributed by atoms with Crippen LogP contribution in [0.25, 0.3) is 0 Å². The molecule has 2 amide bonds. The third kappa shape index (κ3) is 3.53. The summed E-state index contributed by atoms with van der Waals surface area (Å²) in [4.78, 5) is 24.7. The van der Waals surface area contributed by atoms with Crippen LogP contribution in [0.1, 0.15) is 17.5 Å². The molecule has 1 saturated heterocycles. The third-order valence-electron chi connectivity index (χ3n) is 3.46. The maximum atomic E-state index is 12.6. The van der Waals surface area contributed by atoms with Crippen LogP contribution in [0.15, 0.2) is 24.3 Å². The van der Waals surface area contributed by atoms with Crippen LogP contribution in [0.2, 0.25) is 0 Å². The first-order valence-corrected chi connectivity index (χ1v) is 6.46. The number of amides is 2. The van der Waals surface area contributed by atoms with E-state index in [1.54, 1.807) is 0 Å². The van der Waals surface area contributed by atoms with Gasteiger partial charge in [-0.2, -0.15) is 13.2 Å². The van der Waals surface area contributed by atoms with Crippen LogP contribution >= 0.6 is 0 Å². The van der Waals surface area contributed by atoms with Gasteiger partial charge in [0.25, 0.3) is 0 Å². The molecule has 0 unspecified atom stereocenters. The van der Waals surface area contributed by atoms with Gasteiger partial charge in [0, 0.05) is 26.6 Å². The summed E-state index contributed by atoms with van der Waals surface area (Å²) in [7, 11) is 1.49. The van der Waals surface area contributed by atoms with E-state index < -0.39 is 17.7 Å². The minimum absolute atomic E-state index is 0.0796. The normalized spacial score (nSPS) is 19.0. The van der Waals surface area contributed by atoms with Gasteiger partial charge in [-0.1, -0.05) is 12.1 Å². The molecule has 2 rings (SSSR count). The van der Waals surface area contributed by atoms with Crippen molar-refractivity contribution in [3.63, 3.8) is 0 Å². The van der Waals surface area contributed by atoms with Gasteiger partial charge in [0.15, 0.2) is 0 Å². The summed E-state index contributed by atoms with van der Waals surface area (Å²) in [6.07, 6.45) is -4.31. The molecule has 1 N–H and O–H groups in total. The zero-order chi connectivity index (χ0) is 15.6. The average Bonchev–Trinajstić information content (AvgIpc) is 2.79. The molecule has 1 atom stereocenters. The van der Waals surface area contributed by atoms with Gasteiger partial charge < -0.3 is 10.2 Å². The Morgan fingerprint density at radius 3 is 2.76 bits per heavy atom. The summed E-state index contributed by atoms with van der Waals surface area (Å²) < 4.78 is 37.9. The number of likely N-dealkylation sites (tertiary alicyclic amines) is 1. The lowest BCUT2D eigenvalue weighted by molar-refractivity contribution is -0.137. The van der Waals surface area contributed by atoms with Crippen molar-refractivity contribution in [3.8, 4) is 0 Å². The predicted octanol–water partition coefficient (Wildman–Crippen LogP) is 1.80. The Kier molecular flexibility index (Phi) is 4.20. The first-order valence-electron chi connectivity index (χ1n) is 6.46. The molecule has 1 heterocycles. The Labute approximate surface area is 119 Å². The molecule has 1 aliphatic rings. The van der Waals surface area contributed by atoms with Crippen LogP contribution in [0.5, 0.6) is 0 Å². The van der Waals surface area contributed by atoms with E-state index in [1.165, 1.54) is 24.1 Å². The molecular weight excluding hydrogens is 285 g/mol. The fourth-order valence-corrected chi connectivity index (χ4v) is 2.37. The van der Waals surface area contributed by atoms with Crippen molar-refractivity contribution in [2.24, 2.45) is 5.92 Å². The van der Waals surface area contributed by atoms with Crippen molar-refractivity contribution in [1.82, 2.24) is 10.2 Å². The predicted molar refractivity (Wildman–Crippen MR) is 69.0 cm³/mol. The van der Waals surface area contributed by atoms with E-state index >= 15 is 0 Å².